The summed E-state index contributed by atoms with van der Waals surface area (Å²) in [5, 5.41) is 14.8. The first-order valence-corrected chi connectivity index (χ1v) is 9.23. The Bertz CT molecular complexity index is 803. The van der Waals surface area contributed by atoms with E-state index in [4.69, 9.17) is 4.74 Å². The Kier molecular flexibility index (Phi) is 4.74. The highest BCUT2D eigenvalue weighted by atomic mass is 16.5. The minimum absolute atomic E-state index is 0.0170. The summed E-state index contributed by atoms with van der Waals surface area (Å²) in [5.74, 6) is 0.903. The van der Waals surface area contributed by atoms with Crippen LogP contribution in [0.2, 0.25) is 0 Å². The van der Waals surface area contributed by atoms with E-state index in [0.717, 1.165) is 55.1 Å². The van der Waals surface area contributed by atoms with Gasteiger partial charge in [0.1, 0.15) is 6.33 Å². The summed E-state index contributed by atoms with van der Waals surface area (Å²) in [6.45, 7) is 3.65. The van der Waals surface area contributed by atoms with E-state index in [9.17, 15) is 4.79 Å². The molecule has 3 atom stereocenters. The number of ether oxygens (including phenoxy) is 1. The third-order valence-electron chi connectivity index (χ3n) is 5.54. The lowest BCUT2D eigenvalue weighted by molar-refractivity contribution is -0.123. The molecule has 0 bridgehead atoms. The Morgan fingerprint density at radius 1 is 1.38 bits per heavy atom. The maximum Gasteiger partial charge on any atom is 0.227 e. The molecular formula is C19H25N5O2. The standard InChI is InChI=1S/C19H25N5O2/c1-12-14(18-23-21-11-24(18)2)4-3-5-15(12)22-19(25)13-6-7-17-16(10-13)20-8-9-26-17/h3-5,11,13,16-17,20H,6-10H2,1-2H3,(H,22,25)/t13-,16+,17+/m0/s1. The SMILES string of the molecule is Cc1c(NC(=O)[C@H]2CC[C@H]3OCCN[C@@H]3C2)cccc1-c1nncn1C. The second kappa shape index (κ2) is 7.17. The fourth-order valence-electron chi connectivity index (χ4n) is 4.02. The topological polar surface area (TPSA) is 81.1 Å². The zero-order valence-electron chi connectivity index (χ0n) is 15.2. The molecule has 2 N–H and O–H groups in total. The highest BCUT2D eigenvalue weighted by molar-refractivity contribution is 5.94. The summed E-state index contributed by atoms with van der Waals surface area (Å²) in [5.41, 5.74) is 2.82. The van der Waals surface area contributed by atoms with Gasteiger partial charge in [-0.1, -0.05) is 12.1 Å². The molecule has 1 amide bonds. The van der Waals surface area contributed by atoms with Crippen LogP contribution in [0.4, 0.5) is 5.69 Å². The Morgan fingerprint density at radius 2 is 2.27 bits per heavy atom. The average Bonchev–Trinajstić information content (AvgIpc) is 3.08. The van der Waals surface area contributed by atoms with Gasteiger partial charge in [0.25, 0.3) is 0 Å². The molecule has 2 aliphatic rings. The summed E-state index contributed by atoms with van der Waals surface area (Å²) in [7, 11) is 1.91. The van der Waals surface area contributed by atoms with Gasteiger partial charge >= 0.3 is 0 Å². The van der Waals surface area contributed by atoms with E-state index in [0.29, 0.717) is 6.04 Å². The number of carbonyl (C=O) groups is 1. The molecule has 1 aromatic carbocycles. The first kappa shape index (κ1) is 17.2. The lowest BCUT2D eigenvalue weighted by Gasteiger charge is -2.39. The van der Waals surface area contributed by atoms with E-state index in [2.05, 4.69) is 20.8 Å². The lowest BCUT2D eigenvalue weighted by atomic mass is 9.82. The van der Waals surface area contributed by atoms with Gasteiger partial charge in [0.2, 0.25) is 5.91 Å². The van der Waals surface area contributed by atoms with Crippen molar-refractivity contribution >= 4 is 11.6 Å². The van der Waals surface area contributed by atoms with Crippen molar-refractivity contribution in [3.8, 4) is 11.4 Å². The molecular weight excluding hydrogens is 330 g/mol. The monoisotopic (exact) mass is 355 g/mol. The van der Waals surface area contributed by atoms with Gasteiger partial charge < -0.3 is 19.9 Å². The second-order valence-corrected chi connectivity index (χ2v) is 7.21. The van der Waals surface area contributed by atoms with Gasteiger partial charge in [-0.2, -0.15) is 0 Å². The summed E-state index contributed by atoms with van der Waals surface area (Å²) < 4.78 is 7.69. The van der Waals surface area contributed by atoms with Crippen LogP contribution in [-0.2, 0) is 16.6 Å². The fourth-order valence-corrected chi connectivity index (χ4v) is 4.02. The highest BCUT2D eigenvalue weighted by Gasteiger charge is 2.36. The molecule has 26 heavy (non-hydrogen) atoms. The van der Waals surface area contributed by atoms with Crippen molar-refractivity contribution in [1.82, 2.24) is 20.1 Å². The summed E-state index contributed by atoms with van der Waals surface area (Å²) in [6.07, 6.45) is 4.58. The molecule has 1 saturated heterocycles. The summed E-state index contributed by atoms with van der Waals surface area (Å²) >= 11 is 0. The largest absolute Gasteiger partial charge is 0.375 e. The molecule has 0 radical (unpaired) electrons. The Labute approximate surface area is 153 Å². The van der Waals surface area contributed by atoms with E-state index in [-0.39, 0.29) is 17.9 Å². The van der Waals surface area contributed by atoms with Gasteiger partial charge in [-0.05, 0) is 37.8 Å². The molecule has 138 valence electrons. The van der Waals surface area contributed by atoms with Crippen molar-refractivity contribution in [3.63, 3.8) is 0 Å². The molecule has 1 aliphatic carbocycles. The number of nitrogens with zero attached hydrogens (tertiary/aromatic N) is 3. The zero-order valence-corrected chi connectivity index (χ0v) is 15.2. The number of hydrogen-bond acceptors (Lipinski definition) is 5. The van der Waals surface area contributed by atoms with Crippen LogP contribution in [0.1, 0.15) is 24.8 Å². The third kappa shape index (κ3) is 3.24. The number of morpholine rings is 1. The van der Waals surface area contributed by atoms with Crippen molar-refractivity contribution < 1.29 is 9.53 Å². The predicted octanol–water partition coefficient (Wildman–Crippen LogP) is 1.89. The normalized spacial score (nSPS) is 25.5. The predicted molar refractivity (Wildman–Crippen MR) is 98.7 cm³/mol. The zero-order chi connectivity index (χ0) is 18.1. The van der Waals surface area contributed by atoms with Gasteiger partial charge in [0.05, 0.1) is 12.7 Å². The van der Waals surface area contributed by atoms with E-state index in [1.165, 1.54) is 0 Å². The average molecular weight is 355 g/mol. The highest BCUT2D eigenvalue weighted by Crippen LogP contribution is 2.31. The lowest BCUT2D eigenvalue weighted by Crippen LogP contribution is -2.52. The molecule has 1 saturated carbocycles. The molecule has 4 rings (SSSR count). The first-order chi connectivity index (χ1) is 12.6. The minimum atomic E-state index is 0.0170. The van der Waals surface area contributed by atoms with E-state index in [1.54, 1.807) is 6.33 Å². The second-order valence-electron chi connectivity index (χ2n) is 7.21. The smallest absolute Gasteiger partial charge is 0.227 e. The number of amides is 1. The molecule has 2 heterocycles. The number of carbonyl (C=O) groups excluding carboxylic acids is 1. The van der Waals surface area contributed by atoms with Crippen molar-refractivity contribution in [2.45, 2.75) is 38.3 Å². The Hall–Kier alpha value is -2.25. The van der Waals surface area contributed by atoms with Crippen molar-refractivity contribution in [2.24, 2.45) is 13.0 Å². The number of aryl methyl sites for hydroxylation is 1. The van der Waals surface area contributed by atoms with Gasteiger partial charge in [-0.15, -0.1) is 10.2 Å². The first-order valence-electron chi connectivity index (χ1n) is 9.23. The van der Waals surface area contributed by atoms with Crippen LogP contribution in [0, 0.1) is 12.8 Å². The maximum atomic E-state index is 12.8. The van der Waals surface area contributed by atoms with Gasteiger partial charge in [0, 0.05) is 36.8 Å². The maximum absolute atomic E-state index is 12.8. The van der Waals surface area contributed by atoms with E-state index < -0.39 is 0 Å². The third-order valence-corrected chi connectivity index (χ3v) is 5.54. The van der Waals surface area contributed by atoms with Gasteiger partial charge in [-0.25, -0.2) is 0 Å². The fraction of sp³-hybridized carbons (Fsp3) is 0.526. The number of benzene rings is 1. The number of fused-ring (bicyclic) bond motifs is 1. The molecule has 2 fully saturated rings. The number of rotatable bonds is 3. The Balaban J connectivity index is 1.49. The molecule has 1 aliphatic heterocycles. The van der Waals surface area contributed by atoms with Crippen LogP contribution in [-0.4, -0.2) is 46.0 Å². The molecule has 0 unspecified atom stereocenters. The van der Waals surface area contributed by atoms with Gasteiger partial charge in [-0.3, -0.25) is 4.79 Å². The van der Waals surface area contributed by atoms with Crippen LogP contribution in [0.3, 0.4) is 0 Å². The molecule has 1 aromatic heterocycles. The number of anilines is 1. The Morgan fingerprint density at radius 3 is 3.08 bits per heavy atom. The van der Waals surface area contributed by atoms with Crippen LogP contribution in [0.15, 0.2) is 24.5 Å². The molecule has 2 aromatic rings. The van der Waals surface area contributed by atoms with Crippen LogP contribution in [0.25, 0.3) is 11.4 Å². The summed E-state index contributed by atoms with van der Waals surface area (Å²) in [4.78, 5) is 12.8. The molecule has 0 spiro atoms. The van der Waals surface area contributed by atoms with Crippen molar-refractivity contribution in [3.05, 3.63) is 30.1 Å². The number of aromatic nitrogens is 3. The van der Waals surface area contributed by atoms with Gasteiger partial charge in [0.15, 0.2) is 5.82 Å². The minimum Gasteiger partial charge on any atom is -0.375 e. The van der Waals surface area contributed by atoms with Crippen LogP contribution >= 0.6 is 0 Å². The van der Waals surface area contributed by atoms with E-state index in [1.807, 2.05) is 36.7 Å². The van der Waals surface area contributed by atoms with Crippen molar-refractivity contribution in [2.75, 3.05) is 18.5 Å². The number of hydrogen-bond donors (Lipinski definition) is 2. The van der Waals surface area contributed by atoms with Crippen LogP contribution in [0.5, 0.6) is 0 Å². The van der Waals surface area contributed by atoms with Crippen LogP contribution < -0.4 is 10.6 Å². The quantitative estimate of drug-likeness (QED) is 0.879. The van der Waals surface area contributed by atoms with Crippen molar-refractivity contribution in [1.29, 1.82) is 0 Å². The number of nitrogens with one attached hydrogen (secondary N) is 2. The van der Waals surface area contributed by atoms with E-state index >= 15 is 0 Å². The summed E-state index contributed by atoms with van der Waals surface area (Å²) in [6, 6.07) is 6.18. The molecule has 7 nitrogen and oxygen atoms in total. The molecule has 7 heteroatoms.